The number of aliphatic hydroxyl groups is 1. The first-order valence-electron chi connectivity index (χ1n) is 10.9. The number of alkyl halides is 10. The van der Waals surface area contributed by atoms with Gasteiger partial charge in [-0.2, -0.15) is 52.3 Å². The topological polar surface area (TPSA) is 110 Å². The summed E-state index contributed by atoms with van der Waals surface area (Å²) in [6, 6.07) is 0. The van der Waals surface area contributed by atoms with Crippen LogP contribution < -0.4 is 0 Å². The molecule has 0 aliphatic rings. The fourth-order valence-corrected chi connectivity index (χ4v) is 3.59. The van der Waals surface area contributed by atoms with Gasteiger partial charge in [0.25, 0.3) is 5.60 Å². The van der Waals surface area contributed by atoms with E-state index in [4.69, 9.17) is 9.29 Å². The van der Waals surface area contributed by atoms with E-state index < -0.39 is 95.3 Å². The Morgan fingerprint density at radius 2 is 1.45 bits per heavy atom. The van der Waals surface area contributed by atoms with Crippen molar-refractivity contribution in [2.75, 3.05) is 13.2 Å². The van der Waals surface area contributed by atoms with Crippen LogP contribution in [-0.4, -0.2) is 72.5 Å². The number of hydrogen-bond donors (Lipinski definition) is 2. The highest BCUT2D eigenvalue weighted by molar-refractivity contribution is 7.87. The van der Waals surface area contributed by atoms with Gasteiger partial charge < -0.3 is 14.6 Å². The Labute approximate surface area is 211 Å². The van der Waals surface area contributed by atoms with Crippen LogP contribution in [0, 0.1) is 5.92 Å². The van der Waals surface area contributed by atoms with Crippen LogP contribution in [-0.2, 0) is 24.4 Å². The van der Waals surface area contributed by atoms with E-state index in [2.05, 4.69) is 11.3 Å². The second kappa shape index (κ2) is 13.1. The molecule has 2 unspecified atom stereocenters. The van der Waals surface area contributed by atoms with Crippen LogP contribution >= 0.6 is 0 Å². The van der Waals surface area contributed by atoms with Gasteiger partial charge in [-0.15, -0.1) is 0 Å². The molecule has 0 aromatic heterocycles. The maximum absolute atomic E-state index is 13.4. The molecule has 0 saturated heterocycles. The van der Waals surface area contributed by atoms with Crippen LogP contribution in [0.2, 0.25) is 0 Å². The van der Waals surface area contributed by atoms with E-state index in [1.165, 1.54) is 0 Å². The smallest absolute Gasteiger partial charge is 0.431 e. The molecular formula is C20H28F10O7S. The molecule has 0 saturated carbocycles. The molecule has 0 radical (unpaired) electrons. The van der Waals surface area contributed by atoms with Crippen molar-refractivity contribution in [2.24, 2.45) is 5.92 Å². The zero-order chi connectivity index (χ0) is 30.4. The van der Waals surface area contributed by atoms with E-state index in [0.717, 1.165) is 6.92 Å². The lowest BCUT2D eigenvalue weighted by atomic mass is 9.83. The Kier molecular flexibility index (Phi) is 12.6. The van der Waals surface area contributed by atoms with Crippen LogP contribution in [0.1, 0.15) is 52.4 Å². The Morgan fingerprint density at radius 1 is 0.947 bits per heavy atom. The molecule has 0 aliphatic carbocycles. The van der Waals surface area contributed by atoms with Crippen LogP contribution in [0.5, 0.6) is 0 Å². The highest BCUT2D eigenvalue weighted by Gasteiger charge is 2.76. The molecule has 0 rings (SSSR count). The number of esters is 1. The van der Waals surface area contributed by atoms with E-state index in [1.54, 1.807) is 6.92 Å². The lowest BCUT2D eigenvalue weighted by Gasteiger charge is -2.40. The summed E-state index contributed by atoms with van der Waals surface area (Å²) >= 11 is 0. The third kappa shape index (κ3) is 8.67. The van der Waals surface area contributed by atoms with Crippen molar-refractivity contribution in [3.63, 3.8) is 0 Å². The first-order chi connectivity index (χ1) is 16.9. The summed E-state index contributed by atoms with van der Waals surface area (Å²) in [5, 5.41) is 3.97. The van der Waals surface area contributed by atoms with Crippen molar-refractivity contribution in [1.29, 1.82) is 0 Å². The molecule has 2 N–H and O–H groups in total. The standard InChI is InChI=1S/C20H28F10O7S/c1-4-5-8-12(2)14(17(32,18(23,24)25)19(26,27)28)37-15(31)13(3)11-36-10-7-6-9-16(21,22)20(29,30)38(33,34)35/h12,14,32H,3-11H2,1-2H3,(H,33,34,35). The number of ether oxygens (including phenoxy) is 2. The maximum Gasteiger partial charge on any atom is 0.431 e. The molecule has 0 aromatic carbocycles. The molecule has 18 heteroatoms. The zero-order valence-corrected chi connectivity index (χ0v) is 21.0. The molecule has 2 atom stereocenters. The Morgan fingerprint density at radius 3 is 1.87 bits per heavy atom. The van der Waals surface area contributed by atoms with Gasteiger partial charge in [0, 0.05) is 13.0 Å². The van der Waals surface area contributed by atoms with Crippen molar-refractivity contribution in [1.82, 2.24) is 0 Å². The highest BCUT2D eigenvalue weighted by Crippen LogP contribution is 2.48. The Bertz CT molecular complexity index is 887. The summed E-state index contributed by atoms with van der Waals surface area (Å²) < 4.78 is 171. The third-order valence-electron chi connectivity index (χ3n) is 5.38. The minimum Gasteiger partial charge on any atom is -0.455 e. The van der Waals surface area contributed by atoms with Crippen molar-refractivity contribution in [3.8, 4) is 0 Å². The van der Waals surface area contributed by atoms with Gasteiger partial charge in [0.05, 0.1) is 12.2 Å². The van der Waals surface area contributed by atoms with Crippen LogP contribution in [0.15, 0.2) is 12.2 Å². The van der Waals surface area contributed by atoms with Crippen LogP contribution in [0.4, 0.5) is 43.9 Å². The van der Waals surface area contributed by atoms with Crippen LogP contribution in [0.3, 0.4) is 0 Å². The molecule has 0 bridgehead atoms. The fourth-order valence-electron chi connectivity index (χ4n) is 3.11. The van der Waals surface area contributed by atoms with Gasteiger partial charge in [-0.25, -0.2) is 4.79 Å². The van der Waals surface area contributed by atoms with Gasteiger partial charge in [0.1, 0.15) is 0 Å². The van der Waals surface area contributed by atoms with E-state index in [1.807, 2.05) is 0 Å². The van der Waals surface area contributed by atoms with E-state index in [9.17, 15) is 62.2 Å². The van der Waals surface area contributed by atoms with E-state index in [0.29, 0.717) is 6.42 Å². The Hall–Kier alpha value is -1.66. The summed E-state index contributed by atoms with van der Waals surface area (Å²) in [5.41, 5.74) is -6.23. The zero-order valence-electron chi connectivity index (χ0n) is 20.1. The van der Waals surface area contributed by atoms with Gasteiger partial charge in [0.2, 0.25) is 0 Å². The average molecular weight is 602 g/mol. The normalized spacial score (nSPS) is 15.7. The fraction of sp³-hybridized carbons (Fsp3) is 0.850. The third-order valence-corrected chi connectivity index (χ3v) is 6.33. The molecule has 226 valence electrons. The predicted molar refractivity (Wildman–Crippen MR) is 111 cm³/mol. The Balaban J connectivity index is 5.23. The summed E-state index contributed by atoms with van der Waals surface area (Å²) in [6.07, 6.45) is -18.4. The molecule has 0 aliphatic heterocycles. The predicted octanol–water partition coefficient (Wildman–Crippen LogP) is 5.44. The number of carbonyl (C=O) groups excluding carboxylic acids is 1. The van der Waals surface area contributed by atoms with Crippen molar-refractivity contribution >= 4 is 16.1 Å². The highest BCUT2D eigenvalue weighted by atomic mass is 32.2. The second-order valence-electron chi connectivity index (χ2n) is 8.52. The van der Waals surface area contributed by atoms with Gasteiger partial charge >= 0.3 is 39.6 Å². The molecule has 0 fully saturated rings. The monoisotopic (exact) mass is 602 g/mol. The second-order valence-corrected chi connectivity index (χ2v) is 9.98. The molecule has 0 amide bonds. The lowest BCUT2D eigenvalue weighted by Crippen LogP contribution is -2.66. The molecule has 0 heterocycles. The first kappa shape index (κ1) is 36.3. The minimum atomic E-state index is -6.42. The molecule has 0 spiro atoms. The van der Waals surface area contributed by atoms with Gasteiger partial charge in [0.15, 0.2) is 6.10 Å². The molecule has 7 nitrogen and oxygen atoms in total. The maximum atomic E-state index is 13.4. The summed E-state index contributed by atoms with van der Waals surface area (Å²) in [6.45, 7) is 4.15. The van der Waals surface area contributed by atoms with E-state index >= 15 is 0 Å². The summed E-state index contributed by atoms with van der Waals surface area (Å²) in [5.74, 6) is -8.56. The molecule has 0 aromatic rings. The quantitative estimate of drug-likeness (QED) is 0.0796. The number of rotatable bonds is 16. The largest absolute Gasteiger partial charge is 0.455 e. The van der Waals surface area contributed by atoms with Crippen molar-refractivity contribution < 1.29 is 76.2 Å². The van der Waals surface area contributed by atoms with Gasteiger partial charge in [-0.05, 0) is 25.2 Å². The van der Waals surface area contributed by atoms with Crippen LogP contribution in [0.25, 0.3) is 0 Å². The number of halogens is 10. The molecular weight excluding hydrogens is 574 g/mol. The SMILES string of the molecule is C=C(COCCCCC(F)(F)C(F)(F)S(=O)(=O)O)C(=O)OC(C(C)CCCC)C(O)(C(F)(F)F)C(F)(F)F. The minimum absolute atomic E-state index is 0.139. The first-order valence-corrected chi connectivity index (χ1v) is 12.4. The van der Waals surface area contributed by atoms with E-state index in [-0.39, 0.29) is 12.8 Å². The van der Waals surface area contributed by atoms with Crippen molar-refractivity contribution in [2.45, 2.75) is 87.6 Å². The number of hydrogen-bond acceptors (Lipinski definition) is 6. The number of unbranched alkanes of at least 4 members (excludes halogenated alkanes) is 2. The number of carbonyl (C=O) groups is 1. The lowest BCUT2D eigenvalue weighted by molar-refractivity contribution is -0.395. The summed E-state index contributed by atoms with van der Waals surface area (Å²) in [4.78, 5) is 12.2. The average Bonchev–Trinajstić information content (AvgIpc) is 2.74. The van der Waals surface area contributed by atoms with Crippen molar-refractivity contribution in [3.05, 3.63) is 12.2 Å². The van der Waals surface area contributed by atoms with Gasteiger partial charge in [-0.3, -0.25) is 4.55 Å². The van der Waals surface area contributed by atoms with Gasteiger partial charge in [-0.1, -0.05) is 33.3 Å². The molecule has 38 heavy (non-hydrogen) atoms. The summed E-state index contributed by atoms with van der Waals surface area (Å²) in [7, 11) is -6.42.